The van der Waals surface area contributed by atoms with Gasteiger partial charge in [-0.1, -0.05) is 15.9 Å². The second kappa shape index (κ2) is 4.60. The zero-order valence-corrected chi connectivity index (χ0v) is 8.66. The molecule has 1 aromatic carbocycles. The highest BCUT2D eigenvalue weighted by atomic mass is 79.9. The monoisotopic (exact) mass is 245 g/mol. The summed E-state index contributed by atoms with van der Waals surface area (Å²) in [4.78, 5) is 0. The highest BCUT2D eigenvalue weighted by Gasteiger charge is 2.09. The first-order valence-corrected chi connectivity index (χ1v) is 4.79. The highest BCUT2D eigenvalue weighted by molar-refractivity contribution is 9.10. The van der Waals surface area contributed by atoms with E-state index in [0.29, 0.717) is 6.42 Å². The molecule has 0 unspecified atom stereocenters. The number of aromatic hydroxyl groups is 1. The van der Waals surface area contributed by atoms with Crippen molar-refractivity contribution in [3.05, 3.63) is 28.2 Å². The van der Waals surface area contributed by atoms with Gasteiger partial charge in [-0.2, -0.15) is 0 Å². The van der Waals surface area contributed by atoms with Crippen LogP contribution in [-0.2, 0) is 0 Å². The molecule has 0 amide bonds. The van der Waals surface area contributed by atoms with E-state index in [1.54, 1.807) is 18.2 Å². The molecule has 0 aliphatic rings. The molecular weight excluding hydrogens is 234 g/mol. The van der Waals surface area contributed by atoms with Crippen molar-refractivity contribution in [2.75, 3.05) is 6.61 Å². The van der Waals surface area contributed by atoms with E-state index >= 15 is 0 Å². The second-order valence-corrected chi connectivity index (χ2v) is 3.68. The molecular formula is C9H12BrNO2. The number of hydrogen-bond acceptors (Lipinski definition) is 3. The minimum atomic E-state index is -0.244. The number of aliphatic hydroxyl groups excluding tert-OH is 1. The van der Waals surface area contributed by atoms with Crippen LogP contribution in [0.2, 0.25) is 0 Å². The molecule has 0 fully saturated rings. The molecule has 1 atom stereocenters. The Kier molecular flexibility index (Phi) is 3.71. The van der Waals surface area contributed by atoms with Gasteiger partial charge in [-0.25, -0.2) is 0 Å². The van der Waals surface area contributed by atoms with E-state index in [1.807, 2.05) is 0 Å². The molecule has 0 aliphatic carbocycles. The molecule has 13 heavy (non-hydrogen) atoms. The summed E-state index contributed by atoms with van der Waals surface area (Å²) in [6, 6.07) is 4.68. The fraction of sp³-hybridized carbons (Fsp3) is 0.333. The van der Waals surface area contributed by atoms with Crippen LogP contribution in [0.3, 0.4) is 0 Å². The first kappa shape index (κ1) is 10.5. The van der Waals surface area contributed by atoms with E-state index < -0.39 is 0 Å². The predicted octanol–water partition coefficient (Wildman–Crippen LogP) is 1.54. The summed E-state index contributed by atoms with van der Waals surface area (Å²) < 4.78 is 0.853. The van der Waals surface area contributed by atoms with Gasteiger partial charge in [0.15, 0.2) is 0 Å². The van der Waals surface area contributed by atoms with Crippen molar-refractivity contribution >= 4 is 15.9 Å². The van der Waals surface area contributed by atoms with Gasteiger partial charge in [0.25, 0.3) is 0 Å². The molecule has 0 radical (unpaired) electrons. The third-order valence-electron chi connectivity index (χ3n) is 1.82. The van der Waals surface area contributed by atoms with Gasteiger partial charge >= 0.3 is 0 Å². The van der Waals surface area contributed by atoms with Crippen LogP contribution < -0.4 is 5.73 Å². The van der Waals surface area contributed by atoms with Crippen LogP contribution in [0.5, 0.6) is 5.75 Å². The van der Waals surface area contributed by atoms with Crippen molar-refractivity contribution < 1.29 is 10.2 Å². The van der Waals surface area contributed by atoms with Gasteiger partial charge in [0.1, 0.15) is 5.75 Å². The molecule has 1 aromatic rings. The van der Waals surface area contributed by atoms with Crippen LogP contribution in [0.25, 0.3) is 0 Å². The van der Waals surface area contributed by atoms with E-state index in [2.05, 4.69) is 15.9 Å². The zero-order chi connectivity index (χ0) is 9.84. The topological polar surface area (TPSA) is 66.5 Å². The number of hydrogen-bond donors (Lipinski definition) is 3. The lowest BCUT2D eigenvalue weighted by Gasteiger charge is -2.12. The van der Waals surface area contributed by atoms with Crippen molar-refractivity contribution in [1.82, 2.24) is 0 Å². The van der Waals surface area contributed by atoms with Crippen LogP contribution in [0, 0.1) is 0 Å². The van der Waals surface area contributed by atoms with Crippen LogP contribution in [0.1, 0.15) is 18.0 Å². The van der Waals surface area contributed by atoms with Crippen molar-refractivity contribution in [3.8, 4) is 5.75 Å². The molecule has 4 N–H and O–H groups in total. The largest absolute Gasteiger partial charge is 0.508 e. The predicted molar refractivity (Wildman–Crippen MR) is 54.4 cm³/mol. The molecule has 0 heterocycles. The Morgan fingerprint density at radius 3 is 2.77 bits per heavy atom. The lowest BCUT2D eigenvalue weighted by Crippen LogP contribution is -2.12. The number of aliphatic hydroxyl groups is 1. The van der Waals surface area contributed by atoms with Gasteiger partial charge in [0, 0.05) is 17.1 Å². The third kappa shape index (κ3) is 2.69. The minimum absolute atomic E-state index is 0.0449. The maximum atomic E-state index is 9.22. The van der Waals surface area contributed by atoms with Crippen LogP contribution in [0.4, 0.5) is 0 Å². The zero-order valence-electron chi connectivity index (χ0n) is 7.07. The molecule has 0 saturated carbocycles. The average Bonchev–Trinajstić information content (AvgIpc) is 2.09. The Bertz CT molecular complexity index is 291. The Hall–Kier alpha value is -0.580. The summed E-state index contributed by atoms with van der Waals surface area (Å²) in [7, 11) is 0. The van der Waals surface area contributed by atoms with Crippen molar-refractivity contribution in [3.63, 3.8) is 0 Å². The second-order valence-electron chi connectivity index (χ2n) is 2.82. The van der Waals surface area contributed by atoms with Crippen molar-refractivity contribution in [2.45, 2.75) is 12.5 Å². The third-order valence-corrected chi connectivity index (χ3v) is 2.54. The number of rotatable bonds is 3. The maximum absolute atomic E-state index is 9.22. The molecule has 72 valence electrons. The first-order chi connectivity index (χ1) is 6.15. The summed E-state index contributed by atoms with van der Waals surface area (Å²) in [5, 5.41) is 17.9. The van der Waals surface area contributed by atoms with Gasteiger partial charge in [-0.3, -0.25) is 0 Å². The molecule has 0 aliphatic heterocycles. The maximum Gasteiger partial charge on any atom is 0.115 e. The molecule has 0 saturated heterocycles. The average molecular weight is 246 g/mol. The molecule has 0 aromatic heterocycles. The number of halogens is 1. The summed E-state index contributed by atoms with van der Waals surface area (Å²) >= 11 is 3.33. The Morgan fingerprint density at radius 1 is 1.46 bits per heavy atom. The van der Waals surface area contributed by atoms with E-state index in [1.165, 1.54) is 0 Å². The minimum Gasteiger partial charge on any atom is -0.508 e. The fourth-order valence-corrected chi connectivity index (χ4v) is 1.65. The molecule has 0 bridgehead atoms. The Balaban J connectivity index is 2.91. The van der Waals surface area contributed by atoms with E-state index in [4.69, 9.17) is 10.8 Å². The Morgan fingerprint density at radius 2 is 2.15 bits per heavy atom. The van der Waals surface area contributed by atoms with Gasteiger partial charge < -0.3 is 15.9 Å². The van der Waals surface area contributed by atoms with E-state index in [-0.39, 0.29) is 18.4 Å². The quantitative estimate of drug-likeness (QED) is 0.757. The number of benzene rings is 1. The number of phenolic OH excluding ortho intramolecular Hbond substituents is 1. The number of nitrogens with two attached hydrogens (primary N) is 1. The van der Waals surface area contributed by atoms with E-state index in [9.17, 15) is 5.11 Å². The molecule has 0 spiro atoms. The van der Waals surface area contributed by atoms with Gasteiger partial charge in [-0.15, -0.1) is 0 Å². The van der Waals surface area contributed by atoms with Crippen LogP contribution >= 0.6 is 15.9 Å². The number of phenols is 1. The van der Waals surface area contributed by atoms with Crippen molar-refractivity contribution in [2.24, 2.45) is 5.73 Å². The van der Waals surface area contributed by atoms with Crippen LogP contribution in [-0.4, -0.2) is 16.8 Å². The standard InChI is InChI=1S/C9H12BrNO2/c10-8-2-1-6(13)5-7(8)9(11)3-4-12/h1-2,5,9,12-13H,3-4,11H2/t9-/m0/s1. The smallest absolute Gasteiger partial charge is 0.115 e. The highest BCUT2D eigenvalue weighted by Crippen LogP contribution is 2.27. The van der Waals surface area contributed by atoms with Gasteiger partial charge in [0.2, 0.25) is 0 Å². The van der Waals surface area contributed by atoms with Crippen LogP contribution in [0.15, 0.2) is 22.7 Å². The lowest BCUT2D eigenvalue weighted by molar-refractivity contribution is 0.276. The molecule has 1 rings (SSSR count). The lowest BCUT2D eigenvalue weighted by atomic mass is 10.1. The molecule has 3 nitrogen and oxygen atoms in total. The summed E-state index contributed by atoms with van der Waals surface area (Å²) in [5.74, 6) is 0.187. The fourth-order valence-electron chi connectivity index (χ4n) is 1.11. The van der Waals surface area contributed by atoms with Gasteiger partial charge in [-0.05, 0) is 30.2 Å². The normalized spacial score (nSPS) is 12.8. The van der Waals surface area contributed by atoms with Gasteiger partial charge in [0.05, 0.1) is 0 Å². The summed E-state index contributed by atoms with van der Waals surface area (Å²) in [5.41, 5.74) is 6.59. The SMILES string of the molecule is N[C@@H](CCO)c1cc(O)ccc1Br. The summed E-state index contributed by atoms with van der Waals surface area (Å²) in [6.07, 6.45) is 0.488. The van der Waals surface area contributed by atoms with E-state index in [0.717, 1.165) is 10.0 Å². The van der Waals surface area contributed by atoms with Crippen molar-refractivity contribution in [1.29, 1.82) is 0 Å². The Labute approximate surface area is 85.3 Å². The summed E-state index contributed by atoms with van der Waals surface area (Å²) in [6.45, 7) is 0.0449. The molecule has 4 heteroatoms. The first-order valence-electron chi connectivity index (χ1n) is 4.00.